The molecule has 0 radical (unpaired) electrons. The average molecular weight is 243 g/mol. The third-order valence-corrected chi connectivity index (χ3v) is 2.82. The molecule has 1 aromatic carbocycles. The van der Waals surface area contributed by atoms with E-state index in [9.17, 15) is 10.1 Å². The summed E-state index contributed by atoms with van der Waals surface area (Å²) < 4.78 is 0. The van der Waals surface area contributed by atoms with Crippen LogP contribution in [-0.4, -0.2) is 4.92 Å². The van der Waals surface area contributed by atoms with Crippen LogP contribution in [0.1, 0.15) is 30.9 Å². The molecule has 1 fully saturated rings. The second kappa shape index (κ2) is 5.27. The SMILES string of the molecule is Cl.N[C@H](CC1CC1)c1ccc([N+](=O)[O-])cc1. The highest BCUT2D eigenvalue weighted by atomic mass is 35.5. The Labute approximate surface area is 100 Å². The van der Waals surface area contributed by atoms with E-state index in [4.69, 9.17) is 5.73 Å². The van der Waals surface area contributed by atoms with Gasteiger partial charge in [0.25, 0.3) is 5.69 Å². The van der Waals surface area contributed by atoms with Gasteiger partial charge in [0.2, 0.25) is 0 Å². The van der Waals surface area contributed by atoms with Crippen LogP contribution >= 0.6 is 12.4 Å². The summed E-state index contributed by atoms with van der Waals surface area (Å²) in [5, 5.41) is 10.4. The summed E-state index contributed by atoms with van der Waals surface area (Å²) in [5.41, 5.74) is 7.11. The van der Waals surface area contributed by atoms with Crippen molar-refractivity contribution in [3.05, 3.63) is 39.9 Å². The number of benzene rings is 1. The third kappa shape index (κ3) is 3.18. The summed E-state index contributed by atoms with van der Waals surface area (Å²) in [6, 6.07) is 6.57. The Morgan fingerprint density at radius 3 is 2.38 bits per heavy atom. The molecule has 1 aliphatic rings. The Balaban J connectivity index is 0.00000128. The van der Waals surface area contributed by atoms with Gasteiger partial charge in [0.15, 0.2) is 0 Å². The summed E-state index contributed by atoms with van der Waals surface area (Å²) in [7, 11) is 0. The van der Waals surface area contributed by atoms with Gasteiger partial charge in [0.1, 0.15) is 0 Å². The van der Waals surface area contributed by atoms with Crippen LogP contribution in [0.3, 0.4) is 0 Å². The van der Waals surface area contributed by atoms with Gasteiger partial charge in [0.05, 0.1) is 4.92 Å². The van der Waals surface area contributed by atoms with E-state index in [1.807, 2.05) is 0 Å². The fourth-order valence-corrected chi connectivity index (χ4v) is 1.69. The molecule has 0 aromatic heterocycles. The molecule has 0 unspecified atom stereocenters. The van der Waals surface area contributed by atoms with E-state index < -0.39 is 4.92 Å². The van der Waals surface area contributed by atoms with E-state index >= 15 is 0 Å². The zero-order chi connectivity index (χ0) is 10.8. The zero-order valence-electron chi connectivity index (χ0n) is 8.83. The molecular formula is C11H15ClN2O2. The lowest BCUT2D eigenvalue weighted by Gasteiger charge is -2.10. The van der Waals surface area contributed by atoms with E-state index in [0.29, 0.717) is 0 Å². The van der Waals surface area contributed by atoms with Crippen molar-refractivity contribution < 1.29 is 4.92 Å². The maximum atomic E-state index is 10.4. The van der Waals surface area contributed by atoms with E-state index in [-0.39, 0.29) is 24.1 Å². The van der Waals surface area contributed by atoms with Crippen molar-refractivity contribution >= 4 is 18.1 Å². The molecule has 16 heavy (non-hydrogen) atoms. The van der Waals surface area contributed by atoms with Crippen molar-refractivity contribution in [3.8, 4) is 0 Å². The molecule has 0 heterocycles. The Morgan fingerprint density at radius 2 is 1.94 bits per heavy atom. The fraction of sp³-hybridized carbons (Fsp3) is 0.455. The van der Waals surface area contributed by atoms with Crippen LogP contribution in [-0.2, 0) is 0 Å². The molecule has 2 N–H and O–H groups in total. The maximum absolute atomic E-state index is 10.4. The fourth-order valence-electron chi connectivity index (χ4n) is 1.69. The number of hydrogen-bond donors (Lipinski definition) is 1. The number of halogens is 1. The first kappa shape index (κ1) is 12.9. The van der Waals surface area contributed by atoms with Gasteiger partial charge in [0, 0.05) is 18.2 Å². The second-order valence-corrected chi connectivity index (χ2v) is 4.13. The molecular weight excluding hydrogens is 228 g/mol. The van der Waals surface area contributed by atoms with Crippen LogP contribution in [0.5, 0.6) is 0 Å². The normalized spacial score (nSPS) is 16.3. The van der Waals surface area contributed by atoms with Gasteiger partial charge in [-0.15, -0.1) is 12.4 Å². The summed E-state index contributed by atoms with van der Waals surface area (Å²) in [6.45, 7) is 0. The molecule has 2 rings (SSSR count). The summed E-state index contributed by atoms with van der Waals surface area (Å²) in [5.74, 6) is 0.773. The molecule has 0 spiro atoms. The largest absolute Gasteiger partial charge is 0.324 e. The van der Waals surface area contributed by atoms with Crippen LogP contribution in [0.4, 0.5) is 5.69 Å². The minimum absolute atomic E-state index is 0. The standard InChI is InChI=1S/C11H14N2O2.ClH/c12-11(7-8-1-2-8)9-3-5-10(6-4-9)13(14)15;/h3-6,8,11H,1-2,7,12H2;1H/t11-;/m1./s1. The van der Waals surface area contributed by atoms with Crippen molar-refractivity contribution in [1.82, 2.24) is 0 Å². The molecule has 1 saturated carbocycles. The lowest BCUT2D eigenvalue weighted by atomic mass is 10.0. The van der Waals surface area contributed by atoms with E-state index in [1.54, 1.807) is 12.1 Å². The van der Waals surface area contributed by atoms with E-state index in [2.05, 4.69) is 0 Å². The second-order valence-electron chi connectivity index (χ2n) is 4.13. The van der Waals surface area contributed by atoms with Gasteiger partial charge in [-0.05, 0) is 17.9 Å². The molecule has 0 saturated heterocycles. The smallest absolute Gasteiger partial charge is 0.269 e. The number of nitrogens with two attached hydrogens (primary N) is 1. The summed E-state index contributed by atoms with van der Waals surface area (Å²) in [4.78, 5) is 10.1. The Morgan fingerprint density at radius 1 is 1.38 bits per heavy atom. The Bertz CT molecular complexity index is 363. The monoisotopic (exact) mass is 242 g/mol. The Hall–Kier alpha value is -1.13. The lowest BCUT2D eigenvalue weighted by molar-refractivity contribution is -0.384. The van der Waals surface area contributed by atoms with Crippen molar-refractivity contribution in [3.63, 3.8) is 0 Å². The predicted octanol–water partition coefficient (Wildman–Crippen LogP) is 2.82. The summed E-state index contributed by atoms with van der Waals surface area (Å²) in [6.07, 6.45) is 3.55. The molecule has 1 atom stereocenters. The number of nitro groups is 1. The summed E-state index contributed by atoms with van der Waals surface area (Å²) >= 11 is 0. The first-order valence-corrected chi connectivity index (χ1v) is 5.17. The highest BCUT2D eigenvalue weighted by Crippen LogP contribution is 2.36. The highest BCUT2D eigenvalue weighted by Gasteiger charge is 2.24. The quantitative estimate of drug-likeness (QED) is 0.652. The highest BCUT2D eigenvalue weighted by molar-refractivity contribution is 5.85. The molecule has 4 nitrogen and oxygen atoms in total. The van der Waals surface area contributed by atoms with E-state index in [0.717, 1.165) is 17.9 Å². The zero-order valence-corrected chi connectivity index (χ0v) is 9.65. The number of nitro benzene ring substituents is 1. The van der Waals surface area contributed by atoms with Gasteiger partial charge in [-0.2, -0.15) is 0 Å². The van der Waals surface area contributed by atoms with E-state index in [1.165, 1.54) is 25.0 Å². The number of hydrogen-bond acceptors (Lipinski definition) is 3. The van der Waals surface area contributed by atoms with Crippen molar-refractivity contribution in [2.75, 3.05) is 0 Å². The first-order valence-electron chi connectivity index (χ1n) is 5.17. The van der Waals surface area contributed by atoms with Gasteiger partial charge in [-0.25, -0.2) is 0 Å². The molecule has 0 bridgehead atoms. The van der Waals surface area contributed by atoms with Gasteiger partial charge in [-0.3, -0.25) is 10.1 Å². The van der Waals surface area contributed by atoms with Gasteiger partial charge >= 0.3 is 0 Å². The van der Waals surface area contributed by atoms with Gasteiger partial charge in [-0.1, -0.05) is 25.0 Å². The Kier molecular flexibility index (Phi) is 4.26. The van der Waals surface area contributed by atoms with Gasteiger partial charge < -0.3 is 5.73 Å². The van der Waals surface area contributed by atoms with Crippen LogP contribution in [0.25, 0.3) is 0 Å². The van der Waals surface area contributed by atoms with Crippen LogP contribution in [0.2, 0.25) is 0 Å². The molecule has 5 heteroatoms. The third-order valence-electron chi connectivity index (χ3n) is 2.82. The number of nitrogens with zero attached hydrogens (tertiary/aromatic N) is 1. The predicted molar refractivity (Wildman–Crippen MR) is 64.6 cm³/mol. The topological polar surface area (TPSA) is 69.2 Å². The maximum Gasteiger partial charge on any atom is 0.269 e. The molecule has 0 aliphatic heterocycles. The van der Waals surface area contributed by atoms with Crippen LogP contribution in [0, 0.1) is 16.0 Å². The number of rotatable bonds is 4. The minimum Gasteiger partial charge on any atom is -0.324 e. The molecule has 0 amide bonds. The minimum atomic E-state index is -0.393. The van der Waals surface area contributed by atoms with Crippen molar-refractivity contribution in [2.45, 2.75) is 25.3 Å². The molecule has 1 aliphatic carbocycles. The first-order chi connectivity index (χ1) is 7.16. The lowest BCUT2D eigenvalue weighted by Crippen LogP contribution is -2.10. The van der Waals surface area contributed by atoms with Crippen LogP contribution in [0.15, 0.2) is 24.3 Å². The molecule has 88 valence electrons. The average Bonchev–Trinajstić information content (AvgIpc) is 3.02. The van der Waals surface area contributed by atoms with Crippen molar-refractivity contribution in [1.29, 1.82) is 0 Å². The van der Waals surface area contributed by atoms with Crippen LogP contribution < -0.4 is 5.73 Å². The van der Waals surface area contributed by atoms with Crippen molar-refractivity contribution in [2.24, 2.45) is 11.7 Å². The number of non-ortho nitro benzene ring substituents is 1. The molecule has 1 aromatic rings.